The van der Waals surface area contributed by atoms with Crippen molar-refractivity contribution in [1.29, 1.82) is 0 Å². The van der Waals surface area contributed by atoms with Gasteiger partial charge in [-0.1, -0.05) is 19.1 Å². The van der Waals surface area contributed by atoms with E-state index in [0.717, 1.165) is 31.4 Å². The number of fused-ring (bicyclic) bond motifs is 1. The molecule has 1 amide bonds. The predicted molar refractivity (Wildman–Crippen MR) is 127 cm³/mol. The summed E-state index contributed by atoms with van der Waals surface area (Å²) in [7, 11) is 1.58. The number of aliphatic carboxylic acids is 1. The topological polar surface area (TPSA) is 128 Å². The zero-order valence-electron chi connectivity index (χ0n) is 19.7. The molecule has 9 heteroatoms. The number of anilines is 2. The lowest BCUT2D eigenvalue weighted by atomic mass is 9.74. The normalized spacial score (nSPS) is 21.1. The molecule has 34 heavy (non-hydrogen) atoms. The molecule has 1 fully saturated rings. The standard InChI is InChI=1S/C25H32N4O5/c1-15(24(31)32)16-3-5-17(6-4-16)18-7-9-19(10-8-18)29-12-11-20-21(23(29)30)22(26)28-25(27-20)34-14-13-33-2/h7-10,15-17H,3-6,11-14H2,1-2H3,(H,31,32)(H2,26,27,28)/t15?,16-,17-. The molecule has 0 bridgehead atoms. The lowest BCUT2D eigenvalue weighted by Crippen LogP contribution is -2.39. The molecule has 1 aromatic heterocycles. The molecule has 9 nitrogen and oxygen atoms in total. The van der Waals surface area contributed by atoms with Gasteiger partial charge in [-0.3, -0.25) is 9.59 Å². The number of hydrogen-bond acceptors (Lipinski definition) is 7. The van der Waals surface area contributed by atoms with Gasteiger partial charge in [0.2, 0.25) is 0 Å². The number of benzene rings is 1. The Labute approximate surface area is 199 Å². The first-order valence-electron chi connectivity index (χ1n) is 11.8. The maximum Gasteiger partial charge on any atom is 0.318 e. The van der Waals surface area contributed by atoms with Gasteiger partial charge < -0.3 is 25.2 Å². The van der Waals surface area contributed by atoms with Crippen molar-refractivity contribution in [2.45, 2.75) is 44.9 Å². The van der Waals surface area contributed by atoms with E-state index in [0.29, 0.717) is 43.4 Å². The average molecular weight is 469 g/mol. The smallest absolute Gasteiger partial charge is 0.318 e. The largest absolute Gasteiger partial charge is 0.481 e. The Kier molecular flexibility index (Phi) is 7.31. The molecule has 0 saturated heterocycles. The monoisotopic (exact) mass is 468 g/mol. The number of carbonyl (C=O) groups excluding carboxylic acids is 1. The number of nitrogen functional groups attached to an aromatic ring is 1. The Morgan fingerprint density at radius 3 is 2.53 bits per heavy atom. The summed E-state index contributed by atoms with van der Waals surface area (Å²) in [6, 6.07) is 8.27. The lowest BCUT2D eigenvalue weighted by Gasteiger charge is -2.31. The number of carboxylic acid groups (broad SMARTS) is 1. The van der Waals surface area contributed by atoms with Crippen LogP contribution in [0.2, 0.25) is 0 Å². The van der Waals surface area contributed by atoms with E-state index in [1.165, 1.54) is 5.56 Å². The van der Waals surface area contributed by atoms with Gasteiger partial charge in [0, 0.05) is 25.8 Å². The number of aromatic nitrogens is 2. The van der Waals surface area contributed by atoms with Crippen molar-refractivity contribution >= 4 is 23.4 Å². The molecular formula is C25H32N4O5. The van der Waals surface area contributed by atoms with Crippen LogP contribution >= 0.6 is 0 Å². The van der Waals surface area contributed by atoms with E-state index in [2.05, 4.69) is 22.1 Å². The van der Waals surface area contributed by atoms with E-state index in [1.807, 2.05) is 19.1 Å². The Morgan fingerprint density at radius 1 is 1.18 bits per heavy atom. The van der Waals surface area contributed by atoms with Crippen LogP contribution in [0.1, 0.15) is 60.1 Å². The highest BCUT2D eigenvalue weighted by Crippen LogP contribution is 2.39. The number of hydrogen-bond donors (Lipinski definition) is 2. The van der Waals surface area contributed by atoms with Gasteiger partial charge in [-0.25, -0.2) is 0 Å². The fraction of sp³-hybridized carbons (Fsp3) is 0.520. The number of carbonyl (C=O) groups is 2. The van der Waals surface area contributed by atoms with E-state index in [9.17, 15) is 14.7 Å². The number of methoxy groups -OCH3 is 1. The van der Waals surface area contributed by atoms with Crippen LogP contribution in [0, 0.1) is 11.8 Å². The number of ether oxygens (including phenoxy) is 2. The van der Waals surface area contributed by atoms with Gasteiger partial charge in [0.25, 0.3) is 5.91 Å². The maximum absolute atomic E-state index is 13.2. The van der Waals surface area contributed by atoms with Crippen LogP contribution in [0.5, 0.6) is 6.01 Å². The minimum absolute atomic E-state index is 0.121. The zero-order chi connectivity index (χ0) is 24.2. The SMILES string of the molecule is COCCOc1nc(N)c2c(n1)CCN(c1ccc([C@H]3CC[C@H](C(C)C(=O)O)CC3)cc1)C2=O. The number of amides is 1. The third-order valence-electron chi connectivity index (χ3n) is 7.09. The fourth-order valence-corrected chi connectivity index (χ4v) is 4.98. The summed E-state index contributed by atoms with van der Waals surface area (Å²) in [4.78, 5) is 34.7. The van der Waals surface area contributed by atoms with Gasteiger partial charge in [-0.2, -0.15) is 9.97 Å². The van der Waals surface area contributed by atoms with Crippen molar-refractivity contribution in [1.82, 2.24) is 9.97 Å². The molecule has 2 aliphatic rings. The first kappa shape index (κ1) is 23.9. The van der Waals surface area contributed by atoms with Crippen LogP contribution < -0.4 is 15.4 Å². The van der Waals surface area contributed by atoms with Crippen LogP contribution in [0.15, 0.2) is 24.3 Å². The predicted octanol–water partition coefficient (Wildman–Crippen LogP) is 3.28. The van der Waals surface area contributed by atoms with E-state index in [-0.39, 0.29) is 29.6 Å². The minimum atomic E-state index is -0.707. The molecule has 2 heterocycles. The second-order valence-corrected chi connectivity index (χ2v) is 9.09. The van der Waals surface area contributed by atoms with Crippen molar-refractivity contribution in [2.24, 2.45) is 11.8 Å². The number of carboxylic acids is 1. The van der Waals surface area contributed by atoms with E-state index >= 15 is 0 Å². The van der Waals surface area contributed by atoms with Crippen molar-refractivity contribution in [3.63, 3.8) is 0 Å². The molecule has 1 unspecified atom stereocenters. The van der Waals surface area contributed by atoms with Gasteiger partial charge >= 0.3 is 12.0 Å². The molecule has 3 N–H and O–H groups in total. The summed E-state index contributed by atoms with van der Waals surface area (Å²) < 4.78 is 10.4. The molecule has 4 rings (SSSR count). The zero-order valence-corrected chi connectivity index (χ0v) is 19.7. The van der Waals surface area contributed by atoms with Crippen molar-refractivity contribution in [3.05, 3.63) is 41.1 Å². The molecule has 1 aromatic carbocycles. The number of nitrogens with zero attached hydrogens (tertiary/aromatic N) is 3. The van der Waals surface area contributed by atoms with Gasteiger partial charge in [0.1, 0.15) is 18.0 Å². The molecule has 1 atom stereocenters. The first-order valence-corrected chi connectivity index (χ1v) is 11.8. The Bertz CT molecular complexity index is 1030. The molecule has 1 aliphatic heterocycles. The Hall–Kier alpha value is -3.20. The average Bonchev–Trinajstić information content (AvgIpc) is 2.84. The summed E-state index contributed by atoms with van der Waals surface area (Å²) in [5.74, 6) is -0.418. The molecule has 182 valence electrons. The molecule has 1 aliphatic carbocycles. The van der Waals surface area contributed by atoms with Gasteiger partial charge in [0.15, 0.2) is 0 Å². The van der Waals surface area contributed by atoms with E-state index in [1.54, 1.807) is 12.0 Å². The molecule has 1 saturated carbocycles. The second-order valence-electron chi connectivity index (χ2n) is 9.09. The minimum Gasteiger partial charge on any atom is -0.481 e. The quantitative estimate of drug-likeness (QED) is 0.565. The fourth-order valence-electron chi connectivity index (χ4n) is 4.98. The highest BCUT2D eigenvalue weighted by molar-refractivity contribution is 6.10. The number of rotatable bonds is 8. The van der Waals surface area contributed by atoms with Crippen molar-refractivity contribution in [3.8, 4) is 6.01 Å². The lowest BCUT2D eigenvalue weighted by molar-refractivity contribution is -0.143. The molecule has 0 radical (unpaired) electrons. The maximum atomic E-state index is 13.2. The van der Waals surface area contributed by atoms with Gasteiger partial charge in [-0.05, 0) is 55.2 Å². The summed E-state index contributed by atoms with van der Waals surface area (Å²) >= 11 is 0. The summed E-state index contributed by atoms with van der Waals surface area (Å²) in [6.45, 7) is 3.02. The van der Waals surface area contributed by atoms with Crippen molar-refractivity contribution < 1.29 is 24.2 Å². The van der Waals surface area contributed by atoms with Gasteiger partial charge in [-0.15, -0.1) is 0 Å². The Balaban J connectivity index is 1.42. The molecule has 0 spiro atoms. The number of nitrogens with two attached hydrogens (primary N) is 1. The third kappa shape index (κ3) is 4.99. The highest BCUT2D eigenvalue weighted by Gasteiger charge is 2.32. The van der Waals surface area contributed by atoms with Crippen LogP contribution in [0.3, 0.4) is 0 Å². The Morgan fingerprint density at radius 2 is 1.88 bits per heavy atom. The van der Waals surface area contributed by atoms with Gasteiger partial charge in [0.05, 0.1) is 18.2 Å². The third-order valence-corrected chi connectivity index (χ3v) is 7.09. The summed E-state index contributed by atoms with van der Waals surface area (Å²) in [5.41, 5.74) is 9.08. The van der Waals surface area contributed by atoms with Crippen LogP contribution in [-0.4, -0.2) is 53.8 Å². The second kappa shape index (κ2) is 10.4. The summed E-state index contributed by atoms with van der Waals surface area (Å²) in [6.07, 6.45) is 4.39. The van der Waals surface area contributed by atoms with E-state index < -0.39 is 5.97 Å². The van der Waals surface area contributed by atoms with Crippen LogP contribution in [-0.2, 0) is 16.0 Å². The van der Waals surface area contributed by atoms with Crippen LogP contribution in [0.4, 0.5) is 11.5 Å². The van der Waals surface area contributed by atoms with E-state index in [4.69, 9.17) is 15.2 Å². The van der Waals surface area contributed by atoms with Crippen LogP contribution in [0.25, 0.3) is 0 Å². The first-order chi connectivity index (χ1) is 16.4. The highest BCUT2D eigenvalue weighted by atomic mass is 16.5. The molecular weight excluding hydrogens is 436 g/mol. The van der Waals surface area contributed by atoms with Crippen molar-refractivity contribution in [2.75, 3.05) is 37.5 Å². The summed E-state index contributed by atoms with van der Waals surface area (Å²) in [5, 5.41) is 9.27. The molecule has 2 aromatic rings.